The first-order chi connectivity index (χ1) is 13.9. The molecule has 0 amide bonds. The van der Waals surface area contributed by atoms with Crippen LogP contribution in [0.25, 0.3) is 6.08 Å². The maximum atomic E-state index is 14.5. The molecule has 0 aliphatic heterocycles. The monoisotopic (exact) mass is 415 g/mol. The fraction of sp³-hybridized carbons (Fsp3) is 0.273. The number of allylic oxidation sites excluding steroid dienone is 1. The SMILES string of the molecule is CSc1ccc(/C=C/C[C@H](C)[C@](O)(Cn2cncn2)c2ccc(F)cc2F)cc1. The zero-order valence-electron chi connectivity index (χ0n) is 16.3. The summed E-state index contributed by atoms with van der Waals surface area (Å²) in [6.45, 7) is 1.84. The van der Waals surface area contributed by atoms with E-state index in [2.05, 4.69) is 10.1 Å². The Morgan fingerprint density at radius 3 is 2.59 bits per heavy atom. The molecule has 7 heteroatoms. The quantitative estimate of drug-likeness (QED) is 0.532. The van der Waals surface area contributed by atoms with Crippen LogP contribution in [0.15, 0.2) is 66.1 Å². The van der Waals surface area contributed by atoms with E-state index in [4.69, 9.17) is 0 Å². The number of nitrogens with zero attached hydrogens (tertiary/aromatic N) is 3. The molecule has 0 bridgehead atoms. The largest absolute Gasteiger partial charge is 0.383 e. The van der Waals surface area contributed by atoms with Crippen LogP contribution in [0.3, 0.4) is 0 Å². The average molecular weight is 416 g/mol. The van der Waals surface area contributed by atoms with Gasteiger partial charge in [0.05, 0.1) is 6.54 Å². The summed E-state index contributed by atoms with van der Waals surface area (Å²) in [4.78, 5) is 5.07. The normalized spacial score (nSPS) is 14.8. The summed E-state index contributed by atoms with van der Waals surface area (Å²) in [6, 6.07) is 11.4. The summed E-state index contributed by atoms with van der Waals surface area (Å²) >= 11 is 1.68. The number of rotatable bonds is 8. The van der Waals surface area contributed by atoms with E-state index >= 15 is 0 Å². The molecule has 1 N–H and O–H groups in total. The van der Waals surface area contributed by atoms with Gasteiger partial charge in [-0.3, -0.25) is 0 Å². The highest BCUT2D eigenvalue weighted by Crippen LogP contribution is 2.35. The number of benzene rings is 2. The van der Waals surface area contributed by atoms with E-state index < -0.39 is 17.2 Å². The molecule has 0 fully saturated rings. The first-order valence-electron chi connectivity index (χ1n) is 9.23. The Morgan fingerprint density at radius 1 is 1.21 bits per heavy atom. The van der Waals surface area contributed by atoms with Gasteiger partial charge in [-0.25, -0.2) is 18.4 Å². The maximum Gasteiger partial charge on any atom is 0.137 e. The molecule has 4 nitrogen and oxygen atoms in total. The number of thioether (sulfide) groups is 1. The molecule has 0 spiro atoms. The van der Waals surface area contributed by atoms with E-state index in [-0.39, 0.29) is 18.0 Å². The van der Waals surface area contributed by atoms with Crippen molar-refractivity contribution in [3.05, 3.63) is 84.0 Å². The topological polar surface area (TPSA) is 50.9 Å². The van der Waals surface area contributed by atoms with Crippen molar-refractivity contribution in [3.8, 4) is 0 Å². The first-order valence-corrected chi connectivity index (χ1v) is 10.5. The lowest BCUT2D eigenvalue weighted by Crippen LogP contribution is -2.39. The van der Waals surface area contributed by atoms with Gasteiger partial charge < -0.3 is 5.11 Å². The molecular weight excluding hydrogens is 392 g/mol. The van der Waals surface area contributed by atoms with Crippen LogP contribution in [-0.2, 0) is 12.1 Å². The number of halogens is 2. The van der Waals surface area contributed by atoms with Gasteiger partial charge in [-0.05, 0) is 42.4 Å². The second kappa shape index (κ2) is 9.33. The van der Waals surface area contributed by atoms with Crippen molar-refractivity contribution < 1.29 is 13.9 Å². The van der Waals surface area contributed by atoms with E-state index in [0.29, 0.717) is 6.42 Å². The van der Waals surface area contributed by atoms with Gasteiger partial charge in [0, 0.05) is 16.5 Å². The fourth-order valence-electron chi connectivity index (χ4n) is 3.23. The third-order valence-corrected chi connectivity index (χ3v) is 5.74. The Balaban J connectivity index is 1.83. The van der Waals surface area contributed by atoms with Crippen molar-refractivity contribution in [2.45, 2.75) is 30.4 Å². The summed E-state index contributed by atoms with van der Waals surface area (Å²) in [5.74, 6) is -1.83. The van der Waals surface area contributed by atoms with Gasteiger partial charge >= 0.3 is 0 Å². The van der Waals surface area contributed by atoms with Gasteiger partial charge in [-0.15, -0.1) is 11.8 Å². The van der Waals surface area contributed by atoms with E-state index in [9.17, 15) is 13.9 Å². The Labute approximate surface area is 173 Å². The van der Waals surface area contributed by atoms with E-state index in [0.717, 1.165) is 17.7 Å². The Hall–Kier alpha value is -2.51. The summed E-state index contributed by atoms with van der Waals surface area (Å²) in [6.07, 6.45) is 9.25. The summed E-state index contributed by atoms with van der Waals surface area (Å²) in [5.41, 5.74) is -0.499. The smallest absolute Gasteiger partial charge is 0.137 e. The number of aromatic nitrogens is 3. The summed E-state index contributed by atoms with van der Waals surface area (Å²) < 4.78 is 29.4. The predicted molar refractivity (Wildman–Crippen MR) is 111 cm³/mol. The van der Waals surface area contributed by atoms with Crippen LogP contribution in [-0.4, -0.2) is 26.1 Å². The molecule has 0 unspecified atom stereocenters. The second-order valence-electron chi connectivity index (χ2n) is 6.95. The van der Waals surface area contributed by atoms with Crippen molar-refractivity contribution in [3.63, 3.8) is 0 Å². The first kappa shape index (κ1) is 21.2. The zero-order chi connectivity index (χ0) is 20.9. The maximum absolute atomic E-state index is 14.5. The van der Waals surface area contributed by atoms with Crippen LogP contribution in [0.1, 0.15) is 24.5 Å². The summed E-state index contributed by atoms with van der Waals surface area (Å²) in [7, 11) is 0. The zero-order valence-corrected chi connectivity index (χ0v) is 17.1. The van der Waals surface area contributed by atoms with Crippen LogP contribution >= 0.6 is 11.8 Å². The molecule has 152 valence electrons. The molecule has 0 aliphatic carbocycles. The minimum atomic E-state index is -1.58. The van der Waals surface area contributed by atoms with E-state index in [1.807, 2.05) is 49.6 Å². The standard InChI is InChI=1S/C22H23F2N3OS/c1-16(4-3-5-17-6-9-19(29-2)10-7-17)22(28,13-27-15-25-14-26-27)20-11-8-18(23)12-21(20)24/h3,5-12,14-16,28H,4,13H2,1-2H3/b5-3+/t16-,22+/m0/s1. The van der Waals surface area contributed by atoms with Crippen molar-refractivity contribution in [1.29, 1.82) is 0 Å². The average Bonchev–Trinajstić information content (AvgIpc) is 3.21. The lowest BCUT2D eigenvalue weighted by molar-refractivity contribution is -0.0379. The van der Waals surface area contributed by atoms with Crippen molar-refractivity contribution in [2.75, 3.05) is 6.26 Å². The van der Waals surface area contributed by atoms with E-state index in [1.54, 1.807) is 11.8 Å². The molecule has 1 aromatic heterocycles. The van der Waals surface area contributed by atoms with Gasteiger partial charge in [0.15, 0.2) is 0 Å². The molecule has 0 radical (unpaired) electrons. The van der Waals surface area contributed by atoms with Crippen LogP contribution in [0.2, 0.25) is 0 Å². The van der Waals surface area contributed by atoms with Crippen molar-refractivity contribution >= 4 is 17.8 Å². The Kier molecular flexibility index (Phi) is 6.82. The van der Waals surface area contributed by atoms with Crippen LogP contribution < -0.4 is 0 Å². The van der Waals surface area contributed by atoms with Gasteiger partial charge in [0.25, 0.3) is 0 Å². The highest BCUT2D eigenvalue weighted by atomic mass is 32.2. The lowest BCUT2D eigenvalue weighted by Gasteiger charge is -2.34. The highest BCUT2D eigenvalue weighted by Gasteiger charge is 2.38. The van der Waals surface area contributed by atoms with Crippen molar-refractivity contribution in [2.24, 2.45) is 5.92 Å². The Morgan fingerprint density at radius 2 is 1.97 bits per heavy atom. The third-order valence-electron chi connectivity index (χ3n) is 5.00. The van der Waals surface area contributed by atoms with Gasteiger partial charge in [0.1, 0.15) is 29.9 Å². The lowest BCUT2D eigenvalue weighted by atomic mass is 9.80. The molecule has 1 heterocycles. The van der Waals surface area contributed by atoms with Gasteiger partial charge in [0.2, 0.25) is 0 Å². The molecule has 3 aromatic rings. The van der Waals surface area contributed by atoms with Crippen LogP contribution in [0.4, 0.5) is 8.78 Å². The molecule has 0 saturated carbocycles. The van der Waals surface area contributed by atoms with Gasteiger partial charge in [-0.2, -0.15) is 5.10 Å². The molecule has 29 heavy (non-hydrogen) atoms. The molecule has 3 rings (SSSR count). The summed E-state index contributed by atoms with van der Waals surface area (Å²) in [5, 5.41) is 15.5. The van der Waals surface area contributed by atoms with Crippen LogP contribution in [0, 0.1) is 17.6 Å². The number of hydrogen-bond acceptors (Lipinski definition) is 4. The predicted octanol–water partition coefficient (Wildman–Crippen LogP) is 4.91. The Bertz CT molecular complexity index is 961. The second-order valence-corrected chi connectivity index (χ2v) is 7.83. The third kappa shape index (κ3) is 5.10. The van der Waals surface area contributed by atoms with Crippen LogP contribution in [0.5, 0.6) is 0 Å². The minimum Gasteiger partial charge on any atom is -0.383 e. The fourth-order valence-corrected chi connectivity index (χ4v) is 3.63. The highest BCUT2D eigenvalue weighted by molar-refractivity contribution is 7.98. The molecular formula is C22H23F2N3OS. The van der Waals surface area contributed by atoms with E-state index in [1.165, 1.54) is 28.3 Å². The minimum absolute atomic E-state index is 0.00692. The molecule has 0 aliphatic rings. The van der Waals surface area contributed by atoms with Crippen molar-refractivity contribution in [1.82, 2.24) is 14.8 Å². The molecule has 2 atom stereocenters. The number of aliphatic hydroxyl groups is 1. The molecule has 2 aromatic carbocycles. The molecule has 0 saturated heterocycles. The van der Waals surface area contributed by atoms with Gasteiger partial charge in [-0.1, -0.05) is 37.3 Å². The number of hydrogen-bond donors (Lipinski definition) is 1.